The van der Waals surface area contributed by atoms with Gasteiger partial charge in [0.1, 0.15) is 0 Å². The highest BCUT2D eigenvalue weighted by atomic mass is 16.4. The third kappa shape index (κ3) is 1.93. The van der Waals surface area contributed by atoms with E-state index in [4.69, 9.17) is 5.11 Å². The number of allylic oxidation sites excluding steroid dienone is 2. The van der Waals surface area contributed by atoms with Crippen LogP contribution in [-0.4, -0.2) is 17.6 Å². The summed E-state index contributed by atoms with van der Waals surface area (Å²) < 4.78 is 0. The standard InChI is InChI=1S/C16H19NO2/c1-16(8-9-17-14(16)11-4-2-5-11)13-7-3-6-12(10-13)15(18)19/h3,6-7,10,17H,2,4-5,8-9H2,1H3,(H,18,19). The van der Waals surface area contributed by atoms with Gasteiger partial charge in [0.05, 0.1) is 5.56 Å². The Kier molecular flexibility index (Phi) is 2.85. The number of benzene rings is 1. The summed E-state index contributed by atoms with van der Waals surface area (Å²) in [6.07, 6.45) is 4.70. The van der Waals surface area contributed by atoms with Crippen molar-refractivity contribution < 1.29 is 9.90 Å². The number of carboxylic acids is 1. The maximum absolute atomic E-state index is 11.1. The van der Waals surface area contributed by atoms with Crippen LogP contribution in [0.4, 0.5) is 0 Å². The molecule has 0 bridgehead atoms. The first-order valence-corrected chi connectivity index (χ1v) is 6.91. The SMILES string of the molecule is CC1(c2cccc(C(=O)O)c2)CCNC1=C1CCC1. The van der Waals surface area contributed by atoms with Crippen LogP contribution < -0.4 is 5.32 Å². The van der Waals surface area contributed by atoms with Gasteiger partial charge in [-0.25, -0.2) is 4.79 Å². The van der Waals surface area contributed by atoms with Gasteiger partial charge in [-0.1, -0.05) is 17.7 Å². The third-order valence-corrected chi connectivity index (χ3v) is 4.54. The minimum absolute atomic E-state index is 0.0405. The fourth-order valence-corrected chi connectivity index (χ4v) is 3.16. The lowest BCUT2D eigenvalue weighted by molar-refractivity contribution is 0.0696. The number of rotatable bonds is 2. The van der Waals surface area contributed by atoms with E-state index in [0.717, 1.165) is 18.5 Å². The van der Waals surface area contributed by atoms with E-state index in [1.54, 1.807) is 6.07 Å². The third-order valence-electron chi connectivity index (χ3n) is 4.54. The molecule has 3 nitrogen and oxygen atoms in total. The lowest BCUT2D eigenvalue weighted by Crippen LogP contribution is -2.26. The van der Waals surface area contributed by atoms with E-state index in [0.29, 0.717) is 5.56 Å². The van der Waals surface area contributed by atoms with Crippen molar-refractivity contribution in [1.29, 1.82) is 0 Å². The van der Waals surface area contributed by atoms with E-state index < -0.39 is 5.97 Å². The zero-order valence-electron chi connectivity index (χ0n) is 11.2. The predicted molar refractivity (Wildman–Crippen MR) is 74.3 cm³/mol. The van der Waals surface area contributed by atoms with Gasteiger partial charge in [-0.15, -0.1) is 0 Å². The van der Waals surface area contributed by atoms with Gasteiger partial charge < -0.3 is 10.4 Å². The molecule has 19 heavy (non-hydrogen) atoms. The lowest BCUT2D eigenvalue weighted by atomic mass is 9.74. The molecule has 3 rings (SSSR count). The molecular weight excluding hydrogens is 238 g/mol. The molecule has 1 saturated carbocycles. The monoisotopic (exact) mass is 257 g/mol. The van der Waals surface area contributed by atoms with Crippen LogP contribution in [-0.2, 0) is 5.41 Å². The molecule has 3 heteroatoms. The Balaban J connectivity index is 2.04. The molecule has 0 amide bonds. The molecule has 0 aromatic heterocycles. The van der Waals surface area contributed by atoms with Crippen LogP contribution in [0.3, 0.4) is 0 Å². The second-order valence-electron chi connectivity index (χ2n) is 5.73. The summed E-state index contributed by atoms with van der Waals surface area (Å²) in [6, 6.07) is 7.40. The maximum Gasteiger partial charge on any atom is 0.335 e. The molecule has 0 spiro atoms. The molecule has 1 heterocycles. The molecular formula is C16H19NO2. The number of aromatic carboxylic acids is 1. The molecule has 1 unspecified atom stereocenters. The molecule has 1 aromatic rings. The Morgan fingerprint density at radius 1 is 1.37 bits per heavy atom. The van der Waals surface area contributed by atoms with Crippen LogP contribution in [0.5, 0.6) is 0 Å². The van der Waals surface area contributed by atoms with E-state index in [1.807, 2.05) is 12.1 Å². The van der Waals surface area contributed by atoms with Gasteiger partial charge in [0.2, 0.25) is 0 Å². The molecule has 2 aliphatic rings. The minimum Gasteiger partial charge on any atom is -0.478 e. The molecule has 1 atom stereocenters. The maximum atomic E-state index is 11.1. The average molecular weight is 257 g/mol. The van der Waals surface area contributed by atoms with Crippen LogP contribution in [0.25, 0.3) is 0 Å². The Hall–Kier alpha value is -1.77. The van der Waals surface area contributed by atoms with Gasteiger partial charge in [0.25, 0.3) is 0 Å². The second kappa shape index (κ2) is 4.41. The number of nitrogens with one attached hydrogen (secondary N) is 1. The highest BCUT2D eigenvalue weighted by molar-refractivity contribution is 5.87. The van der Waals surface area contributed by atoms with Gasteiger partial charge in [0, 0.05) is 17.7 Å². The van der Waals surface area contributed by atoms with Crippen LogP contribution in [0.2, 0.25) is 0 Å². The zero-order valence-corrected chi connectivity index (χ0v) is 11.2. The van der Waals surface area contributed by atoms with Gasteiger partial charge in [0.15, 0.2) is 0 Å². The van der Waals surface area contributed by atoms with Gasteiger partial charge in [-0.05, 0) is 50.3 Å². The first kappa shape index (κ1) is 12.3. The molecule has 1 aliphatic heterocycles. The Morgan fingerprint density at radius 3 is 2.79 bits per heavy atom. The summed E-state index contributed by atoms with van der Waals surface area (Å²) in [5.74, 6) is -0.853. The molecule has 1 saturated heterocycles. The molecule has 2 N–H and O–H groups in total. The number of hydrogen-bond donors (Lipinski definition) is 2. The molecule has 1 aliphatic carbocycles. The molecule has 100 valence electrons. The van der Waals surface area contributed by atoms with Crippen molar-refractivity contribution in [1.82, 2.24) is 5.32 Å². The first-order chi connectivity index (χ1) is 9.11. The second-order valence-corrected chi connectivity index (χ2v) is 5.73. The normalized spacial score (nSPS) is 25.9. The average Bonchev–Trinajstić information content (AvgIpc) is 2.71. The van der Waals surface area contributed by atoms with Crippen molar-refractivity contribution in [3.63, 3.8) is 0 Å². The van der Waals surface area contributed by atoms with Crippen molar-refractivity contribution >= 4 is 5.97 Å². The van der Waals surface area contributed by atoms with Crippen molar-refractivity contribution in [2.24, 2.45) is 0 Å². The number of hydrogen-bond acceptors (Lipinski definition) is 2. The quantitative estimate of drug-likeness (QED) is 0.856. The number of carboxylic acid groups (broad SMARTS) is 1. The van der Waals surface area contributed by atoms with Gasteiger partial charge >= 0.3 is 5.97 Å². The summed E-state index contributed by atoms with van der Waals surface area (Å²) in [4.78, 5) is 11.1. The Morgan fingerprint density at radius 2 is 2.16 bits per heavy atom. The summed E-state index contributed by atoms with van der Waals surface area (Å²) in [5, 5.41) is 12.7. The van der Waals surface area contributed by atoms with Crippen molar-refractivity contribution in [3.05, 3.63) is 46.7 Å². The minimum atomic E-state index is -0.853. The van der Waals surface area contributed by atoms with E-state index in [9.17, 15) is 4.79 Å². The fourth-order valence-electron chi connectivity index (χ4n) is 3.16. The largest absolute Gasteiger partial charge is 0.478 e. The van der Waals surface area contributed by atoms with E-state index >= 15 is 0 Å². The van der Waals surface area contributed by atoms with Crippen LogP contribution >= 0.6 is 0 Å². The Labute approximate surface area is 113 Å². The van der Waals surface area contributed by atoms with Crippen LogP contribution in [0.15, 0.2) is 35.5 Å². The van der Waals surface area contributed by atoms with Crippen molar-refractivity contribution in [2.75, 3.05) is 6.54 Å². The topological polar surface area (TPSA) is 49.3 Å². The zero-order chi connectivity index (χ0) is 13.5. The molecule has 1 aromatic carbocycles. The van der Waals surface area contributed by atoms with E-state index in [2.05, 4.69) is 18.3 Å². The summed E-state index contributed by atoms with van der Waals surface area (Å²) >= 11 is 0. The summed E-state index contributed by atoms with van der Waals surface area (Å²) in [5.41, 5.74) is 4.33. The Bertz CT molecular complexity index is 556. The van der Waals surface area contributed by atoms with Gasteiger partial charge in [-0.2, -0.15) is 0 Å². The highest BCUT2D eigenvalue weighted by Crippen LogP contribution is 2.43. The van der Waals surface area contributed by atoms with E-state index in [-0.39, 0.29) is 5.41 Å². The predicted octanol–water partition coefficient (Wildman–Crippen LogP) is 3.07. The van der Waals surface area contributed by atoms with Gasteiger partial charge in [-0.3, -0.25) is 0 Å². The summed E-state index contributed by atoms with van der Waals surface area (Å²) in [6.45, 7) is 3.21. The number of carbonyl (C=O) groups is 1. The molecule has 0 radical (unpaired) electrons. The summed E-state index contributed by atoms with van der Waals surface area (Å²) in [7, 11) is 0. The van der Waals surface area contributed by atoms with Crippen molar-refractivity contribution in [3.8, 4) is 0 Å². The molecule has 2 fully saturated rings. The van der Waals surface area contributed by atoms with Crippen LogP contribution in [0, 0.1) is 0 Å². The smallest absolute Gasteiger partial charge is 0.335 e. The first-order valence-electron chi connectivity index (χ1n) is 6.91. The highest BCUT2D eigenvalue weighted by Gasteiger charge is 2.38. The van der Waals surface area contributed by atoms with Crippen molar-refractivity contribution in [2.45, 2.75) is 38.0 Å². The lowest BCUT2D eigenvalue weighted by Gasteiger charge is -2.31. The fraction of sp³-hybridized carbons (Fsp3) is 0.438. The van der Waals surface area contributed by atoms with E-state index in [1.165, 1.54) is 30.5 Å². The van der Waals surface area contributed by atoms with Crippen LogP contribution in [0.1, 0.15) is 48.5 Å².